The van der Waals surface area contributed by atoms with Crippen molar-refractivity contribution < 1.29 is 14.6 Å². The van der Waals surface area contributed by atoms with Crippen LogP contribution in [0.5, 0.6) is 0 Å². The normalized spacial score (nSPS) is 14.1. The Balaban J connectivity index is 1.84. The Bertz CT molecular complexity index is 1130. The molecular weight excluding hydrogens is 416 g/mol. The fourth-order valence-electron chi connectivity index (χ4n) is 3.53. The molecule has 4 N–H and O–H groups in total. The number of carbonyl (C=O) groups excluding carboxylic acids is 1. The van der Waals surface area contributed by atoms with Crippen LogP contribution in [0.25, 0.3) is 21.6 Å². The van der Waals surface area contributed by atoms with Crippen molar-refractivity contribution >= 4 is 45.2 Å². The average Bonchev–Trinajstić information content (AvgIpc) is 3.20. The lowest BCUT2D eigenvalue weighted by atomic mass is 10.1. The van der Waals surface area contributed by atoms with Crippen LogP contribution in [0.3, 0.4) is 0 Å². The molecule has 0 bridgehead atoms. The monoisotopic (exact) mass is 440 g/mol. The van der Waals surface area contributed by atoms with Gasteiger partial charge >= 0.3 is 0 Å². The van der Waals surface area contributed by atoms with E-state index in [4.69, 9.17) is 31.0 Å². The maximum atomic E-state index is 11.8. The summed E-state index contributed by atoms with van der Waals surface area (Å²) in [5.41, 5.74) is 8.63. The number of morpholine rings is 1. The molecule has 1 saturated heterocycles. The number of hydrogen-bond donors (Lipinski definition) is 3. The molecule has 1 aromatic carbocycles. The van der Waals surface area contributed by atoms with Crippen LogP contribution in [0.1, 0.15) is 10.4 Å². The highest BCUT2D eigenvalue weighted by molar-refractivity contribution is 7.19. The number of aliphatic hydroxyl groups excluding tert-OH is 1. The van der Waals surface area contributed by atoms with E-state index < -0.39 is 6.61 Å². The largest absolute Gasteiger partial charge is 0.398 e. The van der Waals surface area contributed by atoms with Crippen molar-refractivity contribution in [1.29, 1.82) is 5.41 Å². The molecule has 0 saturated carbocycles. The van der Waals surface area contributed by atoms with Gasteiger partial charge in [-0.15, -0.1) is 11.3 Å². The predicted molar refractivity (Wildman–Crippen MR) is 122 cm³/mol. The van der Waals surface area contributed by atoms with Gasteiger partial charge in [-0.25, -0.2) is 9.97 Å². The fourth-order valence-corrected chi connectivity index (χ4v) is 4.70. The summed E-state index contributed by atoms with van der Waals surface area (Å²) in [5.74, 6) is 0.978. The van der Waals surface area contributed by atoms with Crippen LogP contribution in [-0.2, 0) is 16.1 Å². The Morgan fingerprint density at radius 3 is 2.87 bits per heavy atom. The lowest BCUT2D eigenvalue weighted by Crippen LogP contribution is -2.36. The van der Waals surface area contributed by atoms with Crippen molar-refractivity contribution in [2.75, 3.05) is 50.6 Å². The zero-order chi connectivity index (χ0) is 22.0. The minimum absolute atomic E-state index is 0.340. The molecule has 1 amide bonds. The third kappa shape index (κ3) is 4.22. The summed E-state index contributed by atoms with van der Waals surface area (Å²) in [7, 11) is 1.66. The Hall–Kier alpha value is -3.08. The van der Waals surface area contributed by atoms with Gasteiger partial charge < -0.3 is 30.8 Å². The van der Waals surface area contributed by atoms with Crippen LogP contribution in [0.15, 0.2) is 24.3 Å². The Morgan fingerprint density at radius 2 is 2.16 bits per heavy atom. The molecule has 0 radical (unpaired) electrons. The number of amides is 1. The van der Waals surface area contributed by atoms with Gasteiger partial charge in [0.25, 0.3) is 0 Å². The van der Waals surface area contributed by atoms with Gasteiger partial charge in [-0.3, -0.25) is 4.79 Å². The molecular formula is C21H24N6O3S. The van der Waals surface area contributed by atoms with Crippen LogP contribution in [0, 0.1) is 5.41 Å². The molecule has 0 atom stereocenters. The number of fused-ring (bicyclic) bond motifs is 1. The smallest absolute Gasteiger partial charge is 0.248 e. The van der Waals surface area contributed by atoms with Crippen molar-refractivity contribution in [1.82, 2.24) is 14.9 Å². The molecule has 4 rings (SSSR count). The van der Waals surface area contributed by atoms with E-state index >= 15 is 0 Å². The number of nitrogens with one attached hydrogen (secondary N) is 1. The summed E-state index contributed by atoms with van der Waals surface area (Å²) in [6, 6.07) is 7.39. The van der Waals surface area contributed by atoms with Crippen LogP contribution in [0.2, 0.25) is 0 Å². The van der Waals surface area contributed by atoms with Gasteiger partial charge in [-0.1, -0.05) is 12.1 Å². The summed E-state index contributed by atoms with van der Waals surface area (Å²) in [4.78, 5) is 26.0. The first-order valence-corrected chi connectivity index (χ1v) is 10.7. The van der Waals surface area contributed by atoms with Crippen molar-refractivity contribution in [3.05, 3.63) is 34.7 Å². The lowest BCUT2D eigenvalue weighted by molar-refractivity contribution is -0.133. The molecule has 162 valence electrons. The SMILES string of the molecule is CN(Cc1cc2nc(-c3cccc(N)c3C=N)nc(N3CCOCC3)c2s1)C(=O)CO. The quantitative estimate of drug-likeness (QED) is 0.393. The number of nitrogens with zero attached hydrogens (tertiary/aromatic N) is 4. The second-order valence-electron chi connectivity index (χ2n) is 7.26. The van der Waals surface area contributed by atoms with Crippen LogP contribution < -0.4 is 10.6 Å². The minimum atomic E-state index is -0.522. The van der Waals surface area contributed by atoms with E-state index in [1.807, 2.05) is 18.2 Å². The molecule has 1 fully saturated rings. The number of ether oxygens (including phenoxy) is 1. The number of anilines is 2. The number of thiophene rings is 1. The topological polar surface area (TPSA) is 129 Å². The second kappa shape index (κ2) is 8.96. The van der Waals surface area contributed by atoms with Crippen molar-refractivity contribution in [2.24, 2.45) is 0 Å². The number of carbonyl (C=O) groups is 1. The molecule has 1 aliphatic heterocycles. The summed E-state index contributed by atoms with van der Waals surface area (Å²) in [5, 5.41) is 16.9. The van der Waals surface area contributed by atoms with Crippen LogP contribution in [-0.4, -0.2) is 72.1 Å². The summed E-state index contributed by atoms with van der Waals surface area (Å²) in [6.07, 6.45) is 1.22. The van der Waals surface area contributed by atoms with Crippen molar-refractivity contribution in [3.63, 3.8) is 0 Å². The fraction of sp³-hybridized carbons (Fsp3) is 0.333. The molecule has 3 aromatic rings. The third-order valence-electron chi connectivity index (χ3n) is 5.19. The molecule has 10 heteroatoms. The van der Waals surface area contributed by atoms with E-state index in [9.17, 15) is 4.79 Å². The van der Waals surface area contributed by atoms with E-state index in [1.54, 1.807) is 13.1 Å². The highest BCUT2D eigenvalue weighted by atomic mass is 32.1. The van der Waals surface area contributed by atoms with E-state index in [1.165, 1.54) is 22.5 Å². The van der Waals surface area contributed by atoms with Crippen LogP contribution in [0.4, 0.5) is 11.5 Å². The van der Waals surface area contributed by atoms with Crippen molar-refractivity contribution in [2.45, 2.75) is 6.54 Å². The van der Waals surface area contributed by atoms with Gasteiger partial charge in [0.1, 0.15) is 6.61 Å². The molecule has 0 unspecified atom stereocenters. The van der Waals surface area contributed by atoms with Gasteiger partial charge in [0.2, 0.25) is 5.91 Å². The number of aromatic nitrogens is 2. The van der Waals surface area contributed by atoms with Gasteiger partial charge in [-0.05, 0) is 12.1 Å². The van der Waals surface area contributed by atoms with Gasteiger partial charge in [-0.2, -0.15) is 0 Å². The number of likely N-dealkylation sites (N-methyl/N-ethyl adjacent to an activating group) is 1. The zero-order valence-corrected chi connectivity index (χ0v) is 18.0. The summed E-state index contributed by atoms with van der Waals surface area (Å²) < 4.78 is 6.44. The summed E-state index contributed by atoms with van der Waals surface area (Å²) >= 11 is 1.54. The maximum absolute atomic E-state index is 11.8. The lowest BCUT2D eigenvalue weighted by Gasteiger charge is -2.28. The highest BCUT2D eigenvalue weighted by Gasteiger charge is 2.22. The first-order valence-electron chi connectivity index (χ1n) is 9.89. The van der Waals surface area contributed by atoms with E-state index in [0.717, 1.165) is 34.0 Å². The maximum Gasteiger partial charge on any atom is 0.248 e. The molecule has 3 heterocycles. The molecule has 1 aliphatic rings. The van der Waals surface area contributed by atoms with E-state index in [0.29, 0.717) is 42.4 Å². The highest BCUT2D eigenvalue weighted by Crippen LogP contribution is 2.36. The third-order valence-corrected chi connectivity index (χ3v) is 6.30. The number of aliphatic hydroxyl groups is 1. The number of benzene rings is 1. The Morgan fingerprint density at radius 1 is 1.39 bits per heavy atom. The predicted octanol–water partition coefficient (Wildman–Crippen LogP) is 1.73. The molecule has 2 aromatic heterocycles. The van der Waals surface area contributed by atoms with Gasteiger partial charge in [0, 0.05) is 48.0 Å². The van der Waals surface area contributed by atoms with E-state index in [-0.39, 0.29) is 5.91 Å². The summed E-state index contributed by atoms with van der Waals surface area (Å²) in [6.45, 7) is 2.54. The van der Waals surface area contributed by atoms with Gasteiger partial charge in [0.05, 0.1) is 30.0 Å². The minimum Gasteiger partial charge on any atom is -0.398 e. The van der Waals surface area contributed by atoms with Crippen molar-refractivity contribution in [3.8, 4) is 11.4 Å². The number of nitrogens with two attached hydrogens (primary N) is 1. The first-order chi connectivity index (χ1) is 15.0. The average molecular weight is 441 g/mol. The van der Waals surface area contributed by atoms with E-state index in [2.05, 4.69) is 4.90 Å². The zero-order valence-electron chi connectivity index (χ0n) is 17.2. The molecule has 9 nitrogen and oxygen atoms in total. The van der Waals surface area contributed by atoms with Gasteiger partial charge in [0.15, 0.2) is 11.6 Å². The standard InChI is InChI=1S/C21H24N6O3S/c1-26(18(29)12-28)11-13-9-17-19(31-13)21(27-5-7-30-8-6-27)25-20(24-17)14-3-2-4-16(23)15(14)10-22/h2-4,9-10,22,28H,5-8,11-12,23H2,1H3. The first kappa shape index (κ1) is 21.2. The molecule has 0 aliphatic carbocycles. The van der Waals surface area contributed by atoms with Crippen LogP contribution >= 0.6 is 11.3 Å². The number of nitrogen functional groups attached to an aromatic ring is 1. The number of hydrogen-bond acceptors (Lipinski definition) is 9. The molecule has 31 heavy (non-hydrogen) atoms. The Kier molecular flexibility index (Phi) is 6.12. The Labute approximate surface area is 183 Å². The second-order valence-corrected chi connectivity index (χ2v) is 8.39. The number of rotatable bonds is 6. The molecule has 0 spiro atoms.